The fourth-order valence-electron chi connectivity index (χ4n) is 1.48. The molecule has 5 heteroatoms. The molecule has 1 rings (SSSR count). The van der Waals surface area contributed by atoms with Gasteiger partial charge in [0.25, 0.3) is 0 Å². The number of nitrogens with one attached hydrogen (secondary N) is 1. The van der Waals surface area contributed by atoms with Gasteiger partial charge in [0.2, 0.25) is 0 Å². The average molecular weight is 274 g/mol. The summed E-state index contributed by atoms with van der Waals surface area (Å²) >= 11 is 5.65. The fraction of sp³-hybridized carbons (Fsp3) is 0.462. The Balaban J connectivity index is 2.20. The van der Waals surface area contributed by atoms with Gasteiger partial charge in [-0.2, -0.15) is 0 Å². The normalized spacial score (nSPS) is 10.4. The molecule has 0 aliphatic rings. The van der Waals surface area contributed by atoms with Crippen LogP contribution >= 0.6 is 11.6 Å². The van der Waals surface area contributed by atoms with E-state index in [4.69, 9.17) is 16.3 Å². The molecule has 0 radical (unpaired) electrons. The monoisotopic (exact) mass is 273 g/mol. The van der Waals surface area contributed by atoms with Crippen molar-refractivity contribution >= 4 is 17.6 Å². The molecule has 100 valence electrons. The molecular formula is C13H17ClFNO2. The van der Waals surface area contributed by atoms with Crippen molar-refractivity contribution in [3.8, 4) is 0 Å². The van der Waals surface area contributed by atoms with Crippen LogP contribution in [0.5, 0.6) is 0 Å². The van der Waals surface area contributed by atoms with Crippen LogP contribution in [-0.4, -0.2) is 19.1 Å². The smallest absolute Gasteiger partial charge is 0.305 e. The lowest BCUT2D eigenvalue weighted by Crippen LogP contribution is -2.17. The SMILES string of the molecule is CCOC(=O)CCCNCc1ccc(Cl)cc1F. The molecule has 0 saturated carbocycles. The maximum absolute atomic E-state index is 13.4. The minimum atomic E-state index is -0.319. The van der Waals surface area contributed by atoms with Crippen LogP contribution in [0.2, 0.25) is 5.02 Å². The molecule has 0 aromatic heterocycles. The van der Waals surface area contributed by atoms with Crippen molar-refractivity contribution in [1.29, 1.82) is 0 Å². The highest BCUT2D eigenvalue weighted by Crippen LogP contribution is 2.14. The summed E-state index contributed by atoms with van der Waals surface area (Å²) in [6, 6.07) is 4.59. The molecule has 0 atom stereocenters. The molecule has 1 aromatic carbocycles. The number of hydrogen-bond donors (Lipinski definition) is 1. The van der Waals surface area contributed by atoms with Crippen molar-refractivity contribution < 1.29 is 13.9 Å². The van der Waals surface area contributed by atoms with E-state index in [-0.39, 0.29) is 11.8 Å². The van der Waals surface area contributed by atoms with Crippen LogP contribution in [-0.2, 0) is 16.1 Å². The van der Waals surface area contributed by atoms with Crippen LogP contribution in [0.25, 0.3) is 0 Å². The summed E-state index contributed by atoms with van der Waals surface area (Å²) < 4.78 is 18.2. The van der Waals surface area contributed by atoms with E-state index in [0.717, 1.165) is 0 Å². The first-order chi connectivity index (χ1) is 8.63. The lowest BCUT2D eigenvalue weighted by atomic mass is 10.2. The first kappa shape index (κ1) is 14.9. The van der Waals surface area contributed by atoms with Crippen molar-refractivity contribution in [2.75, 3.05) is 13.2 Å². The zero-order valence-corrected chi connectivity index (χ0v) is 11.1. The van der Waals surface area contributed by atoms with E-state index in [1.54, 1.807) is 19.1 Å². The third-order valence-electron chi connectivity index (χ3n) is 2.37. The van der Waals surface area contributed by atoms with Crippen molar-refractivity contribution in [2.24, 2.45) is 0 Å². The molecule has 1 aromatic rings. The van der Waals surface area contributed by atoms with Gasteiger partial charge in [0.05, 0.1) is 6.61 Å². The number of hydrogen-bond acceptors (Lipinski definition) is 3. The van der Waals surface area contributed by atoms with Gasteiger partial charge >= 0.3 is 5.97 Å². The Morgan fingerprint density at radius 2 is 2.28 bits per heavy atom. The molecule has 0 heterocycles. The molecule has 18 heavy (non-hydrogen) atoms. The average Bonchev–Trinajstić information content (AvgIpc) is 2.31. The van der Waals surface area contributed by atoms with Crippen LogP contribution in [0.1, 0.15) is 25.3 Å². The van der Waals surface area contributed by atoms with Crippen LogP contribution in [0.15, 0.2) is 18.2 Å². The molecule has 0 fully saturated rings. The van der Waals surface area contributed by atoms with Crippen molar-refractivity contribution in [3.63, 3.8) is 0 Å². The van der Waals surface area contributed by atoms with E-state index < -0.39 is 0 Å². The summed E-state index contributed by atoms with van der Waals surface area (Å²) in [5.41, 5.74) is 0.565. The van der Waals surface area contributed by atoms with Gasteiger partial charge in [-0.05, 0) is 32.0 Å². The summed E-state index contributed by atoms with van der Waals surface area (Å²) in [4.78, 5) is 11.0. The Labute approximate surface area is 111 Å². The third kappa shape index (κ3) is 5.47. The Bertz CT molecular complexity index is 399. The second kappa shape index (κ2) is 8.06. The van der Waals surface area contributed by atoms with Crippen molar-refractivity contribution in [3.05, 3.63) is 34.6 Å². The second-order valence-electron chi connectivity index (χ2n) is 3.82. The highest BCUT2D eigenvalue weighted by atomic mass is 35.5. The number of esters is 1. The van der Waals surface area contributed by atoms with Gasteiger partial charge in [-0.1, -0.05) is 17.7 Å². The Hall–Kier alpha value is -1.13. The maximum atomic E-state index is 13.4. The first-order valence-electron chi connectivity index (χ1n) is 5.93. The van der Waals surface area contributed by atoms with E-state index in [9.17, 15) is 9.18 Å². The predicted molar refractivity (Wildman–Crippen MR) is 69.0 cm³/mol. The third-order valence-corrected chi connectivity index (χ3v) is 2.61. The summed E-state index contributed by atoms with van der Waals surface area (Å²) in [7, 11) is 0. The largest absolute Gasteiger partial charge is 0.466 e. The number of rotatable bonds is 7. The summed E-state index contributed by atoms with van der Waals surface area (Å²) in [5.74, 6) is -0.516. The highest BCUT2D eigenvalue weighted by molar-refractivity contribution is 6.30. The van der Waals surface area contributed by atoms with Gasteiger partial charge in [0.15, 0.2) is 0 Å². The van der Waals surface area contributed by atoms with Crippen LogP contribution in [0, 0.1) is 5.82 Å². The zero-order chi connectivity index (χ0) is 13.4. The van der Waals surface area contributed by atoms with E-state index >= 15 is 0 Å². The topological polar surface area (TPSA) is 38.3 Å². The molecule has 0 spiro atoms. The quantitative estimate of drug-likeness (QED) is 0.613. The van der Waals surface area contributed by atoms with E-state index in [0.29, 0.717) is 43.1 Å². The number of carbonyl (C=O) groups is 1. The fourth-order valence-corrected chi connectivity index (χ4v) is 1.64. The zero-order valence-electron chi connectivity index (χ0n) is 10.3. The minimum absolute atomic E-state index is 0.197. The standard InChI is InChI=1S/C13H17ClFNO2/c1-2-18-13(17)4-3-7-16-9-10-5-6-11(14)8-12(10)15/h5-6,8,16H,2-4,7,9H2,1H3. The molecule has 0 aliphatic heterocycles. The highest BCUT2D eigenvalue weighted by Gasteiger charge is 2.03. The maximum Gasteiger partial charge on any atom is 0.305 e. The van der Waals surface area contributed by atoms with Gasteiger partial charge in [-0.3, -0.25) is 4.79 Å². The predicted octanol–water partition coefficient (Wildman–Crippen LogP) is 2.91. The second-order valence-corrected chi connectivity index (χ2v) is 4.26. The van der Waals surface area contributed by atoms with Gasteiger partial charge < -0.3 is 10.1 Å². The van der Waals surface area contributed by atoms with Crippen molar-refractivity contribution in [1.82, 2.24) is 5.32 Å². The van der Waals surface area contributed by atoms with Crippen LogP contribution in [0.4, 0.5) is 4.39 Å². The molecule has 0 amide bonds. The van der Waals surface area contributed by atoms with Gasteiger partial charge in [-0.25, -0.2) is 4.39 Å². The van der Waals surface area contributed by atoms with Gasteiger partial charge in [0.1, 0.15) is 5.82 Å². The molecule has 1 N–H and O–H groups in total. The van der Waals surface area contributed by atoms with E-state index in [1.165, 1.54) is 6.07 Å². The molecule has 0 saturated heterocycles. The molecule has 0 bridgehead atoms. The molecular weight excluding hydrogens is 257 g/mol. The van der Waals surface area contributed by atoms with Crippen LogP contribution < -0.4 is 5.32 Å². The number of benzene rings is 1. The van der Waals surface area contributed by atoms with E-state index in [2.05, 4.69) is 5.32 Å². The lowest BCUT2D eigenvalue weighted by Gasteiger charge is -2.06. The number of carbonyl (C=O) groups excluding carboxylic acids is 1. The molecule has 3 nitrogen and oxygen atoms in total. The van der Waals surface area contributed by atoms with Gasteiger partial charge in [0, 0.05) is 23.6 Å². The van der Waals surface area contributed by atoms with Gasteiger partial charge in [-0.15, -0.1) is 0 Å². The first-order valence-corrected chi connectivity index (χ1v) is 6.31. The van der Waals surface area contributed by atoms with Crippen molar-refractivity contribution in [2.45, 2.75) is 26.3 Å². The molecule has 0 aliphatic carbocycles. The van der Waals surface area contributed by atoms with Crippen LogP contribution in [0.3, 0.4) is 0 Å². The Kier molecular flexibility index (Phi) is 6.68. The summed E-state index contributed by atoms with van der Waals surface area (Å²) in [6.45, 7) is 3.24. The number of ether oxygens (including phenoxy) is 1. The lowest BCUT2D eigenvalue weighted by molar-refractivity contribution is -0.143. The molecule has 0 unspecified atom stereocenters. The minimum Gasteiger partial charge on any atom is -0.466 e. The Morgan fingerprint density at radius 3 is 2.94 bits per heavy atom. The summed E-state index contributed by atoms with van der Waals surface area (Å²) in [5, 5.41) is 3.46. The summed E-state index contributed by atoms with van der Waals surface area (Å²) in [6.07, 6.45) is 1.05. The number of halogens is 2. The van der Waals surface area contributed by atoms with E-state index in [1.807, 2.05) is 0 Å². The Morgan fingerprint density at radius 1 is 1.50 bits per heavy atom.